The standard InChI is InChI=1S/C13H16N2O4S/c1-9-2-5-12(20(14,17)18)6-13(9)15-7-10-3-4-11(8-16)19-10/h2-6,15-16H,7-8H2,1H3,(H2,14,17,18). The lowest BCUT2D eigenvalue weighted by molar-refractivity contribution is 0.244. The molecule has 6 nitrogen and oxygen atoms in total. The van der Waals surface area contributed by atoms with Crippen LogP contribution in [0.4, 0.5) is 5.69 Å². The summed E-state index contributed by atoms with van der Waals surface area (Å²) in [6, 6.07) is 8.07. The van der Waals surface area contributed by atoms with Crippen molar-refractivity contribution in [1.29, 1.82) is 0 Å². The topological polar surface area (TPSA) is 106 Å². The van der Waals surface area contributed by atoms with E-state index in [4.69, 9.17) is 14.7 Å². The van der Waals surface area contributed by atoms with E-state index in [1.807, 2.05) is 6.92 Å². The Bertz CT molecular complexity index is 707. The highest BCUT2D eigenvalue weighted by Gasteiger charge is 2.10. The molecule has 7 heteroatoms. The summed E-state index contributed by atoms with van der Waals surface area (Å²) in [5.74, 6) is 1.13. The number of rotatable bonds is 5. The van der Waals surface area contributed by atoms with Crippen molar-refractivity contribution in [3.63, 3.8) is 0 Å². The van der Waals surface area contributed by atoms with Gasteiger partial charge in [-0.3, -0.25) is 0 Å². The van der Waals surface area contributed by atoms with Crippen molar-refractivity contribution < 1.29 is 17.9 Å². The van der Waals surface area contributed by atoms with E-state index >= 15 is 0 Å². The monoisotopic (exact) mass is 296 g/mol. The number of furan rings is 1. The van der Waals surface area contributed by atoms with Crippen LogP contribution in [0.1, 0.15) is 17.1 Å². The van der Waals surface area contributed by atoms with E-state index in [0.29, 0.717) is 23.8 Å². The van der Waals surface area contributed by atoms with Gasteiger partial charge in [-0.1, -0.05) is 6.07 Å². The van der Waals surface area contributed by atoms with Gasteiger partial charge >= 0.3 is 0 Å². The molecule has 1 aromatic carbocycles. The van der Waals surface area contributed by atoms with Gasteiger partial charge in [-0.25, -0.2) is 13.6 Å². The van der Waals surface area contributed by atoms with E-state index in [0.717, 1.165) is 5.56 Å². The van der Waals surface area contributed by atoms with Gasteiger partial charge in [0, 0.05) is 5.69 Å². The zero-order valence-electron chi connectivity index (χ0n) is 11.0. The van der Waals surface area contributed by atoms with Crippen LogP contribution in [0.2, 0.25) is 0 Å². The summed E-state index contributed by atoms with van der Waals surface area (Å²) < 4.78 is 28.0. The number of benzene rings is 1. The van der Waals surface area contributed by atoms with Crippen molar-refractivity contribution in [1.82, 2.24) is 0 Å². The molecule has 0 atom stereocenters. The molecule has 2 rings (SSSR count). The fourth-order valence-electron chi connectivity index (χ4n) is 1.75. The molecule has 0 aliphatic carbocycles. The van der Waals surface area contributed by atoms with Gasteiger partial charge in [0.1, 0.15) is 18.1 Å². The smallest absolute Gasteiger partial charge is 0.238 e. The number of aliphatic hydroxyl groups excluding tert-OH is 1. The van der Waals surface area contributed by atoms with Crippen LogP contribution in [0.5, 0.6) is 0 Å². The molecule has 0 fully saturated rings. The highest BCUT2D eigenvalue weighted by atomic mass is 32.2. The summed E-state index contributed by atoms with van der Waals surface area (Å²) in [4.78, 5) is 0.0566. The molecule has 0 saturated heterocycles. The molecule has 2 aromatic rings. The summed E-state index contributed by atoms with van der Waals surface area (Å²) in [5.41, 5.74) is 1.56. The lowest BCUT2D eigenvalue weighted by atomic mass is 10.2. The third-order valence-electron chi connectivity index (χ3n) is 2.86. The second-order valence-corrected chi connectivity index (χ2v) is 5.96. The third-order valence-corrected chi connectivity index (χ3v) is 3.77. The van der Waals surface area contributed by atoms with Gasteiger partial charge in [-0.05, 0) is 36.8 Å². The number of hydrogen-bond acceptors (Lipinski definition) is 5. The molecule has 108 valence electrons. The Kier molecular flexibility index (Phi) is 4.12. The fourth-order valence-corrected chi connectivity index (χ4v) is 2.29. The van der Waals surface area contributed by atoms with Crippen molar-refractivity contribution >= 4 is 15.7 Å². The zero-order valence-corrected chi connectivity index (χ0v) is 11.8. The molecule has 0 amide bonds. The second kappa shape index (κ2) is 5.66. The maximum absolute atomic E-state index is 11.3. The zero-order chi connectivity index (χ0) is 14.8. The van der Waals surface area contributed by atoms with Crippen molar-refractivity contribution in [2.75, 3.05) is 5.32 Å². The van der Waals surface area contributed by atoms with Crippen LogP contribution in [0.15, 0.2) is 39.6 Å². The number of aliphatic hydroxyl groups is 1. The predicted octanol–water partition coefficient (Wildman–Crippen LogP) is 1.34. The molecule has 0 saturated carbocycles. The Morgan fingerprint density at radius 3 is 2.55 bits per heavy atom. The third kappa shape index (κ3) is 3.38. The first-order valence-electron chi connectivity index (χ1n) is 5.96. The van der Waals surface area contributed by atoms with Gasteiger partial charge in [0.15, 0.2) is 0 Å². The van der Waals surface area contributed by atoms with Crippen LogP contribution in [-0.2, 0) is 23.2 Å². The first-order chi connectivity index (χ1) is 9.40. The minimum Gasteiger partial charge on any atom is -0.462 e. The Morgan fingerprint density at radius 1 is 1.25 bits per heavy atom. The first-order valence-corrected chi connectivity index (χ1v) is 7.50. The normalized spacial score (nSPS) is 11.6. The molecule has 0 unspecified atom stereocenters. The van der Waals surface area contributed by atoms with Crippen LogP contribution in [-0.4, -0.2) is 13.5 Å². The molecule has 20 heavy (non-hydrogen) atoms. The SMILES string of the molecule is Cc1ccc(S(N)(=O)=O)cc1NCc1ccc(CO)o1. The Balaban J connectivity index is 2.16. The second-order valence-electron chi connectivity index (χ2n) is 4.40. The lowest BCUT2D eigenvalue weighted by Gasteiger charge is -2.09. The minimum absolute atomic E-state index is 0.0566. The van der Waals surface area contributed by atoms with Crippen LogP contribution >= 0.6 is 0 Å². The van der Waals surface area contributed by atoms with Gasteiger partial charge in [-0.2, -0.15) is 0 Å². The van der Waals surface area contributed by atoms with E-state index in [-0.39, 0.29) is 11.5 Å². The van der Waals surface area contributed by atoms with Crippen LogP contribution in [0.3, 0.4) is 0 Å². The number of anilines is 1. The molecule has 0 bridgehead atoms. The summed E-state index contributed by atoms with van der Waals surface area (Å²) in [5, 5.41) is 17.1. The maximum Gasteiger partial charge on any atom is 0.238 e. The quantitative estimate of drug-likeness (QED) is 0.772. The van der Waals surface area contributed by atoms with Crippen LogP contribution in [0.25, 0.3) is 0 Å². The van der Waals surface area contributed by atoms with E-state index in [9.17, 15) is 8.42 Å². The highest BCUT2D eigenvalue weighted by molar-refractivity contribution is 7.89. The fraction of sp³-hybridized carbons (Fsp3) is 0.231. The molecule has 4 N–H and O–H groups in total. The Labute approximate surface area is 117 Å². The minimum atomic E-state index is -3.72. The van der Waals surface area contributed by atoms with Gasteiger partial charge in [0.25, 0.3) is 0 Å². The van der Waals surface area contributed by atoms with E-state index in [2.05, 4.69) is 5.32 Å². The molecule has 0 radical (unpaired) electrons. The number of nitrogens with two attached hydrogens (primary N) is 1. The van der Waals surface area contributed by atoms with Gasteiger partial charge in [-0.15, -0.1) is 0 Å². The molecular weight excluding hydrogens is 280 g/mol. The van der Waals surface area contributed by atoms with E-state index in [1.54, 1.807) is 18.2 Å². The number of hydrogen-bond donors (Lipinski definition) is 3. The lowest BCUT2D eigenvalue weighted by Crippen LogP contribution is -2.12. The highest BCUT2D eigenvalue weighted by Crippen LogP contribution is 2.20. The number of nitrogens with one attached hydrogen (secondary N) is 1. The van der Waals surface area contributed by atoms with Gasteiger partial charge < -0.3 is 14.8 Å². The van der Waals surface area contributed by atoms with Crippen molar-refractivity contribution in [3.8, 4) is 0 Å². The predicted molar refractivity (Wildman–Crippen MR) is 74.5 cm³/mol. The van der Waals surface area contributed by atoms with Gasteiger partial charge in [0.2, 0.25) is 10.0 Å². The summed E-state index contributed by atoms with van der Waals surface area (Å²) in [6.07, 6.45) is 0. The van der Waals surface area contributed by atoms with Crippen LogP contribution < -0.4 is 10.5 Å². The van der Waals surface area contributed by atoms with Crippen molar-refractivity contribution in [2.45, 2.75) is 25.0 Å². The average molecular weight is 296 g/mol. The van der Waals surface area contributed by atoms with Crippen molar-refractivity contribution in [2.24, 2.45) is 5.14 Å². The largest absolute Gasteiger partial charge is 0.462 e. The Hall–Kier alpha value is -1.83. The summed E-state index contributed by atoms with van der Waals surface area (Å²) in [6.45, 7) is 2.09. The molecular formula is C13H16N2O4S. The van der Waals surface area contributed by atoms with E-state index < -0.39 is 10.0 Å². The summed E-state index contributed by atoms with van der Waals surface area (Å²) >= 11 is 0. The molecule has 0 aliphatic heterocycles. The molecule has 1 heterocycles. The van der Waals surface area contributed by atoms with Gasteiger partial charge in [0.05, 0.1) is 11.4 Å². The maximum atomic E-state index is 11.3. The number of sulfonamides is 1. The molecule has 0 spiro atoms. The number of aryl methyl sites for hydroxylation is 1. The average Bonchev–Trinajstić information content (AvgIpc) is 2.84. The van der Waals surface area contributed by atoms with Crippen molar-refractivity contribution in [3.05, 3.63) is 47.4 Å². The summed E-state index contributed by atoms with van der Waals surface area (Å²) in [7, 11) is -3.72. The molecule has 0 aliphatic rings. The number of primary sulfonamides is 1. The first kappa shape index (κ1) is 14.6. The van der Waals surface area contributed by atoms with E-state index in [1.165, 1.54) is 12.1 Å². The van der Waals surface area contributed by atoms with Crippen LogP contribution in [0, 0.1) is 6.92 Å². The Morgan fingerprint density at radius 2 is 1.95 bits per heavy atom. The molecule has 1 aromatic heterocycles.